The Hall–Kier alpha value is -1.56. The van der Waals surface area contributed by atoms with Crippen molar-refractivity contribution in [3.63, 3.8) is 0 Å². The first kappa shape index (κ1) is 16.5. The molecule has 0 aliphatic rings. The van der Waals surface area contributed by atoms with E-state index in [1.54, 1.807) is 13.8 Å². The normalized spacial score (nSPS) is 10.6. The Labute approximate surface area is 125 Å². The van der Waals surface area contributed by atoms with Crippen LogP contribution in [0.15, 0.2) is 4.47 Å². The van der Waals surface area contributed by atoms with Crippen LogP contribution in [0.25, 0.3) is 0 Å². The Morgan fingerprint density at radius 3 is 1.50 bits per heavy atom. The van der Waals surface area contributed by atoms with E-state index in [9.17, 15) is 24.9 Å². The number of hydrogen-bond acceptors (Lipinski definition) is 5. The third-order valence-electron chi connectivity index (χ3n) is 2.87. The lowest BCUT2D eigenvalue weighted by molar-refractivity contribution is 0.0974. The molecule has 110 valence electrons. The number of aromatic hydroxyl groups is 3. The maximum absolute atomic E-state index is 11.9. The summed E-state index contributed by atoms with van der Waals surface area (Å²) < 4.78 is -0.158. The number of carbonyl (C=O) groups excluding carboxylic acids is 2. The van der Waals surface area contributed by atoms with Gasteiger partial charge in [-0.25, -0.2) is 0 Å². The number of hydrogen-bond donors (Lipinski definition) is 3. The molecule has 20 heavy (non-hydrogen) atoms. The zero-order chi connectivity index (χ0) is 15.4. The molecule has 0 atom stereocenters. The van der Waals surface area contributed by atoms with Crippen LogP contribution in [0.2, 0.25) is 0 Å². The molecule has 0 unspecified atom stereocenters. The molecule has 6 heteroatoms. The zero-order valence-electron chi connectivity index (χ0n) is 11.4. The predicted molar refractivity (Wildman–Crippen MR) is 77.6 cm³/mol. The van der Waals surface area contributed by atoms with Crippen molar-refractivity contribution < 1.29 is 24.9 Å². The highest BCUT2D eigenvalue weighted by Gasteiger charge is 2.28. The van der Waals surface area contributed by atoms with Crippen molar-refractivity contribution in [2.75, 3.05) is 0 Å². The van der Waals surface area contributed by atoms with E-state index in [2.05, 4.69) is 15.9 Å². The number of benzene rings is 1. The average molecular weight is 345 g/mol. The quantitative estimate of drug-likeness (QED) is 0.686. The first-order chi connectivity index (χ1) is 9.36. The Morgan fingerprint density at radius 1 is 0.850 bits per heavy atom. The molecule has 0 saturated carbocycles. The van der Waals surface area contributed by atoms with Crippen molar-refractivity contribution in [2.45, 2.75) is 39.5 Å². The summed E-state index contributed by atoms with van der Waals surface area (Å²) in [5.74, 6) is -2.71. The lowest BCUT2D eigenvalue weighted by Crippen LogP contribution is -2.06. The van der Waals surface area contributed by atoms with Crippen LogP contribution in [0, 0.1) is 0 Å². The predicted octanol–water partition coefficient (Wildman–Crippen LogP) is 3.53. The Bertz CT molecular complexity index is 506. The smallest absolute Gasteiger partial charge is 0.170 e. The van der Waals surface area contributed by atoms with Crippen molar-refractivity contribution in [2.24, 2.45) is 0 Å². The lowest BCUT2D eigenvalue weighted by Gasteiger charge is -2.14. The Morgan fingerprint density at radius 2 is 1.20 bits per heavy atom. The largest absolute Gasteiger partial charge is 0.506 e. The van der Waals surface area contributed by atoms with Crippen LogP contribution in [-0.2, 0) is 0 Å². The molecule has 0 fully saturated rings. The van der Waals surface area contributed by atoms with Crippen LogP contribution in [0.1, 0.15) is 60.2 Å². The van der Waals surface area contributed by atoms with Gasteiger partial charge in [0.05, 0.1) is 0 Å². The number of rotatable bonds is 6. The second-order valence-electron chi connectivity index (χ2n) is 4.46. The van der Waals surface area contributed by atoms with Crippen LogP contribution in [0.5, 0.6) is 17.2 Å². The van der Waals surface area contributed by atoms with Crippen molar-refractivity contribution in [3.05, 3.63) is 15.6 Å². The van der Waals surface area contributed by atoms with Gasteiger partial charge >= 0.3 is 0 Å². The number of halogens is 1. The molecule has 5 nitrogen and oxygen atoms in total. The van der Waals surface area contributed by atoms with Gasteiger partial charge < -0.3 is 15.3 Å². The highest BCUT2D eigenvalue weighted by molar-refractivity contribution is 9.10. The van der Waals surface area contributed by atoms with Crippen molar-refractivity contribution in [1.82, 2.24) is 0 Å². The molecule has 0 radical (unpaired) electrons. The summed E-state index contributed by atoms with van der Waals surface area (Å²) >= 11 is 2.94. The van der Waals surface area contributed by atoms with E-state index < -0.39 is 28.8 Å². The number of phenols is 3. The van der Waals surface area contributed by atoms with Crippen molar-refractivity contribution >= 4 is 27.5 Å². The molecule has 1 rings (SSSR count). The molecule has 0 bridgehead atoms. The molecule has 0 aliphatic carbocycles. The van der Waals surface area contributed by atoms with Gasteiger partial charge in [-0.15, -0.1) is 0 Å². The van der Waals surface area contributed by atoms with Crippen molar-refractivity contribution in [1.29, 1.82) is 0 Å². The number of ketones is 2. The topological polar surface area (TPSA) is 94.8 Å². The van der Waals surface area contributed by atoms with Gasteiger partial charge in [0.25, 0.3) is 0 Å². The minimum Gasteiger partial charge on any atom is -0.506 e. The molecule has 0 aromatic heterocycles. The van der Waals surface area contributed by atoms with Gasteiger partial charge in [-0.05, 0) is 28.8 Å². The van der Waals surface area contributed by atoms with Gasteiger partial charge in [0.2, 0.25) is 0 Å². The Kier molecular flexibility index (Phi) is 5.56. The van der Waals surface area contributed by atoms with E-state index >= 15 is 0 Å². The van der Waals surface area contributed by atoms with E-state index in [0.29, 0.717) is 12.8 Å². The lowest BCUT2D eigenvalue weighted by atomic mass is 9.96. The molecule has 0 heterocycles. The SMILES string of the molecule is CCCC(=O)c1c(O)c(Br)c(O)c(C(=O)CCC)c1O. The maximum atomic E-state index is 11.9. The summed E-state index contributed by atoms with van der Waals surface area (Å²) in [5.41, 5.74) is -0.646. The molecule has 1 aromatic carbocycles. The first-order valence-electron chi connectivity index (χ1n) is 6.39. The monoisotopic (exact) mass is 344 g/mol. The number of carbonyl (C=O) groups is 2. The van der Waals surface area contributed by atoms with E-state index in [1.807, 2.05) is 0 Å². The Balaban J connectivity index is 3.54. The summed E-state index contributed by atoms with van der Waals surface area (Å²) in [7, 11) is 0. The van der Waals surface area contributed by atoms with Crippen LogP contribution in [-0.4, -0.2) is 26.9 Å². The summed E-state index contributed by atoms with van der Waals surface area (Å²) in [5, 5.41) is 29.9. The van der Waals surface area contributed by atoms with Gasteiger partial charge in [-0.2, -0.15) is 0 Å². The highest BCUT2D eigenvalue weighted by atomic mass is 79.9. The van der Waals surface area contributed by atoms with Gasteiger partial charge in [-0.1, -0.05) is 13.8 Å². The summed E-state index contributed by atoms with van der Waals surface area (Å²) in [6.07, 6.45) is 1.32. The van der Waals surface area contributed by atoms with E-state index in [-0.39, 0.29) is 28.4 Å². The maximum Gasteiger partial charge on any atom is 0.170 e. The number of phenolic OH excluding ortho intramolecular Hbond substituents is 3. The fourth-order valence-electron chi connectivity index (χ4n) is 1.91. The minimum atomic E-state index is -0.653. The molecular formula is C14H17BrO5. The molecule has 1 aromatic rings. The van der Waals surface area contributed by atoms with E-state index in [1.165, 1.54) is 0 Å². The third-order valence-corrected chi connectivity index (χ3v) is 3.63. The first-order valence-corrected chi connectivity index (χ1v) is 7.18. The molecule has 0 aliphatic heterocycles. The fraction of sp³-hybridized carbons (Fsp3) is 0.429. The van der Waals surface area contributed by atoms with E-state index in [4.69, 9.17) is 0 Å². The number of Topliss-reactive ketones (excluding diaryl/α,β-unsaturated/α-hetero) is 2. The minimum absolute atomic E-state index is 0.125. The van der Waals surface area contributed by atoms with Crippen LogP contribution in [0.3, 0.4) is 0 Å². The molecule has 0 spiro atoms. The standard InChI is InChI=1S/C14H17BrO5/c1-3-5-7(16)9-12(18)10(8(17)6-4-2)14(20)11(15)13(9)19/h18-20H,3-6H2,1-2H3. The van der Waals surface area contributed by atoms with E-state index in [0.717, 1.165) is 0 Å². The molecule has 0 amide bonds. The summed E-state index contributed by atoms with van der Waals surface area (Å²) in [6.45, 7) is 3.56. The summed E-state index contributed by atoms with van der Waals surface area (Å²) in [6, 6.07) is 0. The second-order valence-corrected chi connectivity index (χ2v) is 5.25. The fourth-order valence-corrected chi connectivity index (χ4v) is 2.31. The zero-order valence-corrected chi connectivity index (χ0v) is 13.0. The second kappa shape index (κ2) is 6.74. The van der Waals surface area contributed by atoms with Gasteiger partial charge in [-0.3, -0.25) is 9.59 Å². The highest BCUT2D eigenvalue weighted by Crippen LogP contribution is 2.46. The summed E-state index contributed by atoms with van der Waals surface area (Å²) in [4.78, 5) is 23.9. The molecule has 0 saturated heterocycles. The van der Waals surface area contributed by atoms with Crippen LogP contribution in [0.4, 0.5) is 0 Å². The molecule has 3 N–H and O–H groups in total. The van der Waals surface area contributed by atoms with Crippen LogP contribution >= 0.6 is 15.9 Å². The van der Waals surface area contributed by atoms with Gasteiger partial charge in [0, 0.05) is 12.8 Å². The average Bonchev–Trinajstić information content (AvgIpc) is 2.37. The van der Waals surface area contributed by atoms with Crippen molar-refractivity contribution in [3.8, 4) is 17.2 Å². The third kappa shape index (κ3) is 2.95. The van der Waals surface area contributed by atoms with Gasteiger partial charge in [0.15, 0.2) is 11.6 Å². The van der Waals surface area contributed by atoms with Crippen LogP contribution < -0.4 is 0 Å². The van der Waals surface area contributed by atoms with Gasteiger partial charge in [0.1, 0.15) is 32.8 Å². The molecular weight excluding hydrogens is 328 g/mol.